The van der Waals surface area contributed by atoms with Gasteiger partial charge in [-0.05, 0) is 53.3 Å². The fourth-order valence-corrected chi connectivity index (χ4v) is 4.45. The Balaban J connectivity index is 1.17. The van der Waals surface area contributed by atoms with Gasteiger partial charge in [0.15, 0.2) is 0 Å². The molecular weight excluding hydrogens is 392 g/mol. The first-order chi connectivity index (χ1) is 15.2. The Morgan fingerprint density at radius 2 is 1.90 bits per heavy atom. The van der Waals surface area contributed by atoms with Crippen LogP contribution in [0.3, 0.4) is 0 Å². The Morgan fingerprint density at radius 3 is 2.61 bits per heavy atom. The standard InChI is InChI=1S/C24H26N4O3/c29-23(20-8-12-31-16-20)27-10-6-18(7-11-27)17-1-3-22(4-2-17)26-24(30)28-14-19-5-9-25-13-21(19)15-28/h1-6,9,13,20H,7-8,10-12,14-16H2,(H,26,30)/t20-/m0/s1. The molecule has 0 bridgehead atoms. The number of pyridine rings is 1. The zero-order chi connectivity index (χ0) is 21.2. The van der Waals surface area contributed by atoms with Crippen molar-refractivity contribution in [3.05, 3.63) is 65.5 Å². The fraction of sp³-hybridized carbons (Fsp3) is 0.375. The summed E-state index contributed by atoms with van der Waals surface area (Å²) >= 11 is 0. The molecular formula is C24H26N4O3. The first kappa shape index (κ1) is 19.8. The van der Waals surface area contributed by atoms with Crippen molar-refractivity contribution in [2.24, 2.45) is 5.92 Å². The Hall–Kier alpha value is -3.19. The van der Waals surface area contributed by atoms with E-state index in [1.807, 2.05) is 41.4 Å². The molecule has 3 amide bonds. The van der Waals surface area contributed by atoms with E-state index in [0.29, 0.717) is 32.8 Å². The summed E-state index contributed by atoms with van der Waals surface area (Å²) in [7, 11) is 0. The molecule has 1 aromatic carbocycles. The van der Waals surface area contributed by atoms with Gasteiger partial charge in [-0.3, -0.25) is 9.78 Å². The van der Waals surface area contributed by atoms with Gasteiger partial charge in [-0.1, -0.05) is 18.2 Å². The summed E-state index contributed by atoms with van der Waals surface area (Å²) < 4.78 is 5.35. The van der Waals surface area contributed by atoms with Gasteiger partial charge in [0.05, 0.1) is 12.5 Å². The lowest BCUT2D eigenvalue weighted by Gasteiger charge is -2.28. The molecule has 1 N–H and O–H groups in total. The minimum absolute atomic E-state index is 0.0255. The van der Waals surface area contributed by atoms with Crippen molar-refractivity contribution in [2.75, 3.05) is 31.6 Å². The average molecular weight is 418 g/mol. The predicted octanol–water partition coefficient (Wildman–Crippen LogP) is 3.28. The Bertz CT molecular complexity index is 987. The van der Waals surface area contributed by atoms with E-state index in [-0.39, 0.29) is 17.9 Å². The minimum Gasteiger partial charge on any atom is -0.381 e. The molecule has 1 saturated heterocycles. The van der Waals surface area contributed by atoms with E-state index in [1.54, 1.807) is 11.1 Å². The number of carbonyl (C=O) groups excluding carboxylic acids is 2. The van der Waals surface area contributed by atoms with Gasteiger partial charge in [-0.2, -0.15) is 0 Å². The van der Waals surface area contributed by atoms with Crippen LogP contribution >= 0.6 is 0 Å². The lowest BCUT2D eigenvalue weighted by atomic mass is 9.98. The molecule has 3 aliphatic rings. The molecule has 1 fully saturated rings. The summed E-state index contributed by atoms with van der Waals surface area (Å²) in [5.41, 5.74) is 5.40. The van der Waals surface area contributed by atoms with Crippen molar-refractivity contribution < 1.29 is 14.3 Å². The molecule has 160 valence electrons. The fourth-order valence-electron chi connectivity index (χ4n) is 4.45. The highest BCUT2D eigenvalue weighted by molar-refractivity contribution is 5.90. The first-order valence-corrected chi connectivity index (χ1v) is 10.8. The SMILES string of the molecule is O=C(Nc1ccc(C2=CCN(C(=O)[C@H]3CCOC3)CC2)cc1)N1Cc2ccncc2C1. The predicted molar refractivity (Wildman–Crippen MR) is 117 cm³/mol. The normalized spacial score (nSPS) is 20.4. The second-order valence-electron chi connectivity index (χ2n) is 8.33. The van der Waals surface area contributed by atoms with E-state index in [4.69, 9.17) is 4.74 Å². The summed E-state index contributed by atoms with van der Waals surface area (Å²) in [5.74, 6) is 0.239. The highest BCUT2D eigenvalue weighted by Crippen LogP contribution is 2.26. The van der Waals surface area contributed by atoms with Gasteiger partial charge >= 0.3 is 6.03 Å². The minimum atomic E-state index is -0.106. The second-order valence-corrected chi connectivity index (χ2v) is 8.33. The number of nitrogens with zero attached hydrogens (tertiary/aromatic N) is 3. The van der Waals surface area contributed by atoms with Crippen molar-refractivity contribution in [3.8, 4) is 0 Å². The summed E-state index contributed by atoms with van der Waals surface area (Å²) in [4.78, 5) is 33.0. The van der Waals surface area contributed by atoms with Gasteiger partial charge in [0.2, 0.25) is 5.91 Å². The largest absolute Gasteiger partial charge is 0.381 e. The smallest absolute Gasteiger partial charge is 0.322 e. The van der Waals surface area contributed by atoms with Gasteiger partial charge in [0.25, 0.3) is 0 Å². The van der Waals surface area contributed by atoms with Crippen molar-refractivity contribution in [1.82, 2.24) is 14.8 Å². The number of anilines is 1. The van der Waals surface area contributed by atoms with Crippen molar-refractivity contribution >= 4 is 23.2 Å². The molecule has 3 aliphatic heterocycles. The number of fused-ring (bicyclic) bond motifs is 1. The van der Waals surface area contributed by atoms with Crippen LogP contribution < -0.4 is 5.32 Å². The quantitative estimate of drug-likeness (QED) is 0.830. The van der Waals surface area contributed by atoms with Crippen LogP contribution in [0.15, 0.2) is 48.8 Å². The van der Waals surface area contributed by atoms with Crippen molar-refractivity contribution in [1.29, 1.82) is 0 Å². The molecule has 0 spiro atoms. The van der Waals surface area contributed by atoms with Crippen LogP contribution in [0.4, 0.5) is 10.5 Å². The molecule has 7 heteroatoms. The maximum Gasteiger partial charge on any atom is 0.322 e. The van der Waals surface area contributed by atoms with E-state index in [1.165, 1.54) is 5.57 Å². The van der Waals surface area contributed by atoms with Gasteiger partial charge in [0, 0.05) is 50.9 Å². The molecule has 4 heterocycles. The Kier molecular flexibility index (Phi) is 5.42. The van der Waals surface area contributed by atoms with E-state index < -0.39 is 0 Å². The van der Waals surface area contributed by atoms with E-state index in [9.17, 15) is 9.59 Å². The summed E-state index contributed by atoms with van der Waals surface area (Å²) in [6.45, 7) is 3.83. The lowest BCUT2D eigenvalue weighted by Crippen LogP contribution is -2.39. The van der Waals surface area contributed by atoms with Crippen LogP contribution in [-0.4, -0.2) is 53.0 Å². The van der Waals surface area contributed by atoms with Gasteiger partial charge in [-0.25, -0.2) is 4.79 Å². The van der Waals surface area contributed by atoms with Crippen LogP contribution in [0.5, 0.6) is 0 Å². The van der Waals surface area contributed by atoms with E-state index in [0.717, 1.165) is 41.8 Å². The number of aromatic nitrogens is 1. The molecule has 2 aromatic rings. The number of urea groups is 1. The average Bonchev–Trinajstić information content (AvgIpc) is 3.49. The molecule has 0 unspecified atom stereocenters. The third-order valence-corrected chi connectivity index (χ3v) is 6.32. The third-order valence-electron chi connectivity index (χ3n) is 6.32. The number of hydrogen-bond acceptors (Lipinski definition) is 4. The summed E-state index contributed by atoms with van der Waals surface area (Å²) in [6, 6.07) is 9.80. The topological polar surface area (TPSA) is 74.8 Å². The molecule has 1 aromatic heterocycles. The van der Waals surface area contributed by atoms with Gasteiger partial charge < -0.3 is 19.9 Å². The summed E-state index contributed by atoms with van der Waals surface area (Å²) in [6.07, 6.45) is 7.40. The molecule has 7 nitrogen and oxygen atoms in total. The number of hydrogen-bond donors (Lipinski definition) is 1. The number of nitrogens with one attached hydrogen (secondary N) is 1. The van der Waals surface area contributed by atoms with Gasteiger partial charge in [-0.15, -0.1) is 0 Å². The number of carbonyl (C=O) groups is 2. The first-order valence-electron chi connectivity index (χ1n) is 10.8. The number of amides is 3. The molecule has 1 atom stereocenters. The van der Waals surface area contributed by atoms with Crippen LogP contribution in [-0.2, 0) is 22.6 Å². The number of benzene rings is 1. The maximum absolute atomic E-state index is 12.6. The van der Waals surface area contributed by atoms with Crippen LogP contribution in [0.25, 0.3) is 5.57 Å². The van der Waals surface area contributed by atoms with E-state index in [2.05, 4.69) is 16.4 Å². The van der Waals surface area contributed by atoms with E-state index >= 15 is 0 Å². The maximum atomic E-state index is 12.6. The van der Waals surface area contributed by atoms with Crippen molar-refractivity contribution in [2.45, 2.75) is 25.9 Å². The van der Waals surface area contributed by atoms with Crippen molar-refractivity contribution in [3.63, 3.8) is 0 Å². The molecule has 0 saturated carbocycles. The summed E-state index contributed by atoms with van der Waals surface area (Å²) in [5, 5.41) is 2.98. The second kappa shape index (κ2) is 8.51. The van der Waals surface area contributed by atoms with Crippen LogP contribution in [0.2, 0.25) is 0 Å². The Labute approximate surface area is 181 Å². The van der Waals surface area contributed by atoms with Crippen LogP contribution in [0, 0.1) is 5.92 Å². The number of ether oxygens (including phenoxy) is 1. The monoisotopic (exact) mass is 418 g/mol. The Morgan fingerprint density at radius 1 is 1.06 bits per heavy atom. The van der Waals surface area contributed by atoms with Crippen LogP contribution in [0.1, 0.15) is 29.5 Å². The molecule has 0 radical (unpaired) electrons. The number of rotatable bonds is 3. The zero-order valence-corrected chi connectivity index (χ0v) is 17.4. The lowest BCUT2D eigenvalue weighted by molar-refractivity contribution is -0.135. The third kappa shape index (κ3) is 4.18. The van der Waals surface area contributed by atoms with Gasteiger partial charge in [0.1, 0.15) is 0 Å². The molecule has 5 rings (SSSR count). The molecule has 31 heavy (non-hydrogen) atoms. The zero-order valence-electron chi connectivity index (χ0n) is 17.4. The highest BCUT2D eigenvalue weighted by atomic mass is 16.5. The highest BCUT2D eigenvalue weighted by Gasteiger charge is 2.29. The molecule has 0 aliphatic carbocycles.